The Balaban J connectivity index is 1.35. The zero-order chi connectivity index (χ0) is 23.9. The fourth-order valence-corrected chi connectivity index (χ4v) is 6.14. The lowest BCUT2D eigenvalue weighted by Gasteiger charge is -2.19. The number of ether oxygens (including phenoxy) is 3. The first-order valence-electron chi connectivity index (χ1n) is 11.3. The number of carbonyl (C=O) groups is 2. The Morgan fingerprint density at radius 2 is 1.65 bits per heavy atom. The minimum atomic E-state index is -3.95. The molecule has 3 aliphatic rings. The molecule has 34 heavy (non-hydrogen) atoms. The summed E-state index contributed by atoms with van der Waals surface area (Å²) in [6, 6.07) is 9.90. The van der Waals surface area contributed by atoms with Crippen LogP contribution in [-0.4, -0.2) is 39.0 Å². The molecule has 10 heteroatoms. The number of methoxy groups -OCH3 is 1. The zero-order valence-corrected chi connectivity index (χ0v) is 19.6. The summed E-state index contributed by atoms with van der Waals surface area (Å²) in [4.78, 5) is 26.9. The first-order chi connectivity index (χ1) is 16.4. The highest BCUT2D eigenvalue weighted by Gasteiger charge is 2.47. The highest BCUT2D eigenvalue weighted by Crippen LogP contribution is 2.39. The molecule has 2 aromatic rings. The predicted octanol–water partition coefficient (Wildman–Crippen LogP) is 2.58. The van der Waals surface area contributed by atoms with E-state index in [1.807, 2.05) is 0 Å². The van der Waals surface area contributed by atoms with Gasteiger partial charge >= 0.3 is 0 Å². The molecule has 2 atom stereocenters. The number of nitrogens with one attached hydrogen (secondary N) is 1. The first kappa shape index (κ1) is 22.7. The number of hydrogen-bond donors (Lipinski definition) is 1. The molecule has 0 unspecified atom stereocenters. The molecule has 0 bridgehead atoms. The topological polar surface area (TPSA) is 111 Å². The largest absolute Gasteiger partial charge is 0.495 e. The number of likely N-dealkylation sites (tertiary alicyclic amines) is 1. The number of imide groups is 1. The standard InChI is InChI=1S/C24H26N2O7S/c1-31-20-9-7-16(13-26-23(27)17-4-2-3-5-18(17)24(26)28)11-22(20)34(29,30)25-12-15-6-8-19-21(10-15)33-14-32-19/h6-11,17-18,25H,2-5,12-14H2,1H3/t17-,18-/m0/s1. The number of sulfonamides is 1. The van der Waals surface area contributed by atoms with Crippen molar-refractivity contribution < 1.29 is 32.2 Å². The Hall–Kier alpha value is -3.11. The fraction of sp³-hybridized carbons (Fsp3) is 0.417. The first-order valence-corrected chi connectivity index (χ1v) is 12.8. The van der Waals surface area contributed by atoms with Crippen LogP contribution in [0.2, 0.25) is 0 Å². The van der Waals surface area contributed by atoms with Crippen LogP contribution in [0.15, 0.2) is 41.3 Å². The van der Waals surface area contributed by atoms with Gasteiger partial charge in [0.1, 0.15) is 10.6 Å². The van der Waals surface area contributed by atoms with Gasteiger partial charge in [0.2, 0.25) is 28.6 Å². The zero-order valence-electron chi connectivity index (χ0n) is 18.8. The summed E-state index contributed by atoms with van der Waals surface area (Å²) < 4.78 is 44.8. The number of hydrogen-bond acceptors (Lipinski definition) is 7. The summed E-state index contributed by atoms with van der Waals surface area (Å²) in [6.45, 7) is 0.218. The molecular weight excluding hydrogens is 460 g/mol. The van der Waals surface area contributed by atoms with Gasteiger partial charge in [-0.3, -0.25) is 14.5 Å². The third kappa shape index (κ3) is 4.12. The van der Waals surface area contributed by atoms with Crippen molar-refractivity contribution in [2.24, 2.45) is 11.8 Å². The molecule has 1 aliphatic carbocycles. The van der Waals surface area contributed by atoms with Crippen LogP contribution in [0.25, 0.3) is 0 Å². The number of fused-ring (bicyclic) bond motifs is 2. The average Bonchev–Trinajstić information content (AvgIpc) is 3.41. The maximum absolute atomic E-state index is 13.1. The molecule has 9 nitrogen and oxygen atoms in total. The van der Waals surface area contributed by atoms with Crippen LogP contribution in [0.4, 0.5) is 0 Å². The van der Waals surface area contributed by atoms with Gasteiger partial charge in [0.15, 0.2) is 11.5 Å². The van der Waals surface area contributed by atoms with E-state index in [9.17, 15) is 18.0 Å². The lowest BCUT2D eigenvalue weighted by atomic mass is 9.81. The second kappa shape index (κ2) is 8.92. The number of nitrogens with zero attached hydrogens (tertiary/aromatic N) is 1. The van der Waals surface area contributed by atoms with E-state index in [0.717, 1.165) is 25.7 Å². The Labute approximate surface area is 198 Å². The third-order valence-electron chi connectivity index (χ3n) is 6.69. The Morgan fingerprint density at radius 1 is 0.971 bits per heavy atom. The fourth-order valence-electron chi connectivity index (χ4n) is 4.91. The number of amides is 2. The van der Waals surface area contributed by atoms with E-state index in [1.165, 1.54) is 18.1 Å². The molecule has 2 aromatic carbocycles. The molecule has 2 aliphatic heterocycles. The number of carbonyl (C=O) groups excluding carboxylic acids is 2. The van der Waals surface area contributed by atoms with Crippen molar-refractivity contribution in [3.63, 3.8) is 0 Å². The third-order valence-corrected chi connectivity index (χ3v) is 8.12. The van der Waals surface area contributed by atoms with Crippen LogP contribution in [0.5, 0.6) is 17.2 Å². The van der Waals surface area contributed by atoms with Crippen LogP contribution in [0.1, 0.15) is 36.8 Å². The molecule has 180 valence electrons. The van der Waals surface area contributed by atoms with Crippen molar-refractivity contribution in [2.45, 2.75) is 43.7 Å². The summed E-state index contributed by atoms with van der Waals surface area (Å²) in [5.74, 6) is 0.558. The molecule has 0 spiro atoms. The van der Waals surface area contributed by atoms with Crippen molar-refractivity contribution in [1.82, 2.24) is 9.62 Å². The van der Waals surface area contributed by atoms with Gasteiger partial charge < -0.3 is 14.2 Å². The van der Waals surface area contributed by atoms with Crippen LogP contribution in [0.3, 0.4) is 0 Å². The Morgan fingerprint density at radius 3 is 2.35 bits per heavy atom. The van der Waals surface area contributed by atoms with E-state index in [2.05, 4.69) is 4.72 Å². The summed E-state index contributed by atoms with van der Waals surface area (Å²) >= 11 is 0. The predicted molar refractivity (Wildman–Crippen MR) is 121 cm³/mol. The maximum atomic E-state index is 13.1. The van der Waals surface area contributed by atoms with Crippen molar-refractivity contribution in [3.8, 4) is 17.2 Å². The van der Waals surface area contributed by atoms with E-state index >= 15 is 0 Å². The smallest absolute Gasteiger partial charge is 0.244 e. The van der Waals surface area contributed by atoms with Crippen LogP contribution in [-0.2, 0) is 32.7 Å². The Kier molecular flexibility index (Phi) is 5.95. The molecular formula is C24H26N2O7S. The van der Waals surface area contributed by atoms with Crippen molar-refractivity contribution in [1.29, 1.82) is 0 Å². The highest BCUT2D eigenvalue weighted by molar-refractivity contribution is 7.89. The average molecular weight is 487 g/mol. The van der Waals surface area contributed by atoms with Gasteiger partial charge in [-0.15, -0.1) is 0 Å². The van der Waals surface area contributed by atoms with Gasteiger partial charge in [-0.05, 0) is 48.2 Å². The molecule has 1 N–H and O–H groups in total. The highest BCUT2D eigenvalue weighted by atomic mass is 32.2. The molecule has 5 rings (SSSR count). The van der Waals surface area contributed by atoms with Gasteiger partial charge in [0, 0.05) is 6.54 Å². The van der Waals surface area contributed by atoms with E-state index < -0.39 is 10.0 Å². The van der Waals surface area contributed by atoms with Crippen molar-refractivity contribution in [2.75, 3.05) is 13.9 Å². The van der Waals surface area contributed by atoms with Gasteiger partial charge in [-0.2, -0.15) is 0 Å². The minimum absolute atomic E-state index is 0.0405. The van der Waals surface area contributed by atoms with Crippen LogP contribution >= 0.6 is 0 Å². The molecule has 1 saturated heterocycles. The molecule has 2 fully saturated rings. The molecule has 0 aromatic heterocycles. The van der Waals surface area contributed by atoms with Gasteiger partial charge in [-0.25, -0.2) is 13.1 Å². The van der Waals surface area contributed by atoms with Gasteiger partial charge in [0.05, 0.1) is 25.5 Å². The normalized spacial score (nSPS) is 21.6. The molecule has 2 amide bonds. The molecule has 0 radical (unpaired) electrons. The van der Waals surface area contributed by atoms with E-state index in [0.29, 0.717) is 22.6 Å². The SMILES string of the molecule is COc1ccc(CN2C(=O)[C@H]3CCCC[C@@H]3C2=O)cc1S(=O)(=O)NCc1ccc2c(c1)OCO2. The summed E-state index contributed by atoms with van der Waals surface area (Å²) in [7, 11) is -2.56. The van der Waals surface area contributed by atoms with Crippen molar-refractivity contribution >= 4 is 21.8 Å². The van der Waals surface area contributed by atoms with E-state index in [-0.39, 0.29) is 54.2 Å². The van der Waals surface area contributed by atoms with Crippen molar-refractivity contribution in [3.05, 3.63) is 47.5 Å². The molecule has 2 heterocycles. The van der Waals surface area contributed by atoms with Crippen LogP contribution in [0, 0.1) is 11.8 Å². The van der Waals surface area contributed by atoms with E-state index in [1.54, 1.807) is 30.3 Å². The maximum Gasteiger partial charge on any atom is 0.244 e. The summed E-state index contributed by atoms with van der Waals surface area (Å²) in [5, 5.41) is 0. The lowest BCUT2D eigenvalue weighted by molar-refractivity contribution is -0.140. The van der Waals surface area contributed by atoms with Crippen LogP contribution < -0.4 is 18.9 Å². The Bertz CT molecular complexity index is 1220. The minimum Gasteiger partial charge on any atom is -0.495 e. The second-order valence-electron chi connectivity index (χ2n) is 8.76. The van der Waals surface area contributed by atoms with E-state index in [4.69, 9.17) is 14.2 Å². The van der Waals surface area contributed by atoms with Gasteiger partial charge in [-0.1, -0.05) is 25.0 Å². The lowest BCUT2D eigenvalue weighted by Crippen LogP contribution is -2.30. The van der Waals surface area contributed by atoms with Gasteiger partial charge in [0.25, 0.3) is 0 Å². The summed E-state index contributed by atoms with van der Waals surface area (Å²) in [6.07, 6.45) is 3.37. The molecule has 1 saturated carbocycles. The number of benzene rings is 2. The number of rotatable bonds is 7. The monoisotopic (exact) mass is 486 g/mol. The quantitative estimate of drug-likeness (QED) is 0.599. The second-order valence-corrected chi connectivity index (χ2v) is 10.5. The summed E-state index contributed by atoms with van der Waals surface area (Å²) in [5.41, 5.74) is 1.25.